The molecule has 2 rings (SSSR count). The van der Waals surface area contributed by atoms with Gasteiger partial charge in [0.15, 0.2) is 12.4 Å². The Labute approximate surface area is 246 Å². The highest BCUT2D eigenvalue weighted by Gasteiger charge is 2.31. The maximum absolute atomic E-state index is 13.6. The first kappa shape index (κ1) is 34.0. The molecule has 3 N–H and O–H groups in total. The summed E-state index contributed by atoms with van der Waals surface area (Å²) in [6, 6.07) is 11.2. The molecule has 11 heteroatoms. The Balaban J connectivity index is 2.17. The normalized spacial score (nSPS) is 12.9. The second-order valence-electron chi connectivity index (χ2n) is 11.4. The third kappa shape index (κ3) is 11.3. The van der Waals surface area contributed by atoms with Crippen molar-refractivity contribution >= 4 is 29.6 Å². The Morgan fingerprint density at radius 3 is 1.90 bits per heavy atom. The maximum Gasteiger partial charge on any atom is 0.413 e. The third-order valence-corrected chi connectivity index (χ3v) is 5.44. The first-order valence-electron chi connectivity index (χ1n) is 13.6. The van der Waals surface area contributed by atoms with E-state index in [2.05, 4.69) is 10.6 Å². The van der Waals surface area contributed by atoms with Crippen LogP contribution in [0.15, 0.2) is 48.5 Å². The first-order chi connectivity index (χ1) is 19.5. The van der Waals surface area contributed by atoms with Crippen molar-refractivity contribution in [3.8, 4) is 5.75 Å². The molecule has 0 bridgehead atoms. The lowest BCUT2D eigenvalue weighted by Gasteiger charge is -2.30. The zero-order chi connectivity index (χ0) is 31.7. The van der Waals surface area contributed by atoms with Crippen LogP contribution in [0.2, 0.25) is 0 Å². The molecule has 0 saturated heterocycles. The molecule has 0 aliphatic rings. The summed E-state index contributed by atoms with van der Waals surface area (Å²) in [7, 11) is 0. The standard InChI is InChI=1S/C31H41N3O8/c1-9-39-24(35)18-40-23-16-14-20(15-17-23)26(36)25(19(2)41-30(3,4)5)33-28(37)22-12-10-21(11-13-22)27(32)34-29(38)42-31(6,7)8/h10-17,19,25H,9,18H2,1-8H3,(H,33,37)(H2,32,34,38)/t19-,25+/m1/s1. The lowest BCUT2D eigenvalue weighted by molar-refractivity contribution is -0.145. The quantitative estimate of drug-likeness (QED) is 0.149. The molecule has 0 spiro atoms. The fourth-order valence-corrected chi connectivity index (χ4v) is 3.75. The number of carbonyl (C=O) groups is 4. The van der Waals surface area contributed by atoms with Crippen molar-refractivity contribution in [3.63, 3.8) is 0 Å². The van der Waals surface area contributed by atoms with Gasteiger partial charge in [-0.05, 0) is 91.8 Å². The van der Waals surface area contributed by atoms with E-state index in [4.69, 9.17) is 24.4 Å². The predicted molar refractivity (Wildman–Crippen MR) is 157 cm³/mol. The number of amides is 2. The second kappa shape index (κ2) is 14.6. The Bertz CT molecular complexity index is 1260. The Hall–Kier alpha value is -4.25. The number of carbonyl (C=O) groups excluding carboxylic acids is 4. The molecule has 2 aromatic rings. The van der Waals surface area contributed by atoms with Crippen molar-refractivity contribution in [3.05, 3.63) is 65.2 Å². The molecule has 0 fully saturated rings. The van der Waals surface area contributed by atoms with Gasteiger partial charge in [-0.1, -0.05) is 12.1 Å². The molecule has 42 heavy (non-hydrogen) atoms. The molecule has 0 radical (unpaired) electrons. The SMILES string of the molecule is CCOC(=O)COc1ccc(C(=O)[C@@H](NC(=O)c2ccc(C(=N)NC(=O)OC(C)(C)C)cc2)[C@@H](C)OC(C)(C)C)cc1. The topological polar surface area (TPSA) is 153 Å². The molecular formula is C31H41N3O8. The summed E-state index contributed by atoms with van der Waals surface area (Å²) in [4.78, 5) is 50.3. The molecule has 0 heterocycles. The zero-order valence-corrected chi connectivity index (χ0v) is 25.5. The number of alkyl carbamates (subject to hydrolysis) is 1. The summed E-state index contributed by atoms with van der Waals surface area (Å²) < 4.78 is 21.4. The van der Waals surface area contributed by atoms with Crippen LogP contribution in [0, 0.1) is 5.41 Å². The second-order valence-corrected chi connectivity index (χ2v) is 11.4. The average Bonchev–Trinajstić information content (AvgIpc) is 2.88. The van der Waals surface area contributed by atoms with Crippen LogP contribution in [0.4, 0.5) is 4.79 Å². The summed E-state index contributed by atoms with van der Waals surface area (Å²) in [6.07, 6.45) is -1.45. The van der Waals surface area contributed by atoms with Crippen LogP contribution in [0.3, 0.4) is 0 Å². The van der Waals surface area contributed by atoms with Crippen molar-refractivity contribution in [2.24, 2.45) is 0 Å². The smallest absolute Gasteiger partial charge is 0.413 e. The van der Waals surface area contributed by atoms with Gasteiger partial charge in [0.05, 0.1) is 18.3 Å². The van der Waals surface area contributed by atoms with E-state index < -0.39 is 41.3 Å². The fourth-order valence-electron chi connectivity index (χ4n) is 3.75. The predicted octanol–water partition coefficient (Wildman–Crippen LogP) is 4.66. The van der Waals surface area contributed by atoms with Crippen molar-refractivity contribution < 1.29 is 38.1 Å². The molecule has 2 amide bonds. The lowest BCUT2D eigenvalue weighted by Crippen LogP contribution is -2.50. The summed E-state index contributed by atoms with van der Waals surface area (Å²) in [6.45, 7) is 14.1. The van der Waals surface area contributed by atoms with E-state index >= 15 is 0 Å². The maximum atomic E-state index is 13.6. The number of nitrogens with one attached hydrogen (secondary N) is 3. The van der Waals surface area contributed by atoms with Crippen LogP contribution in [0.5, 0.6) is 5.75 Å². The number of ketones is 1. The Morgan fingerprint density at radius 2 is 1.38 bits per heavy atom. The van der Waals surface area contributed by atoms with Gasteiger partial charge < -0.3 is 24.3 Å². The van der Waals surface area contributed by atoms with Crippen LogP contribution in [0.1, 0.15) is 81.7 Å². The van der Waals surface area contributed by atoms with Gasteiger partial charge in [-0.25, -0.2) is 9.59 Å². The minimum absolute atomic E-state index is 0.189. The zero-order valence-electron chi connectivity index (χ0n) is 25.5. The van der Waals surface area contributed by atoms with Gasteiger partial charge in [-0.15, -0.1) is 0 Å². The van der Waals surface area contributed by atoms with Gasteiger partial charge in [0.25, 0.3) is 5.91 Å². The molecule has 0 aliphatic heterocycles. The summed E-state index contributed by atoms with van der Waals surface area (Å²) in [5.41, 5.74) is -0.387. The third-order valence-electron chi connectivity index (χ3n) is 5.44. The van der Waals surface area contributed by atoms with Crippen LogP contribution in [-0.2, 0) is 19.0 Å². The highest BCUT2D eigenvalue weighted by Crippen LogP contribution is 2.19. The minimum atomic E-state index is -1.03. The largest absolute Gasteiger partial charge is 0.482 e. The minimum Gasteiger partial charge on any atom is -0.482 e. The van der Waals surface area contributed by atoms with Gasteiger partial charge in [0.2, 0.25) is 0 Å². The number of ether oxygens (including phenoxy) is 4. The fraction of sp³-hybridized carbons (Fsp3) is 0.452. The summed E-state index contributed by atoms with van der Waals surface area (Å²) >= 11 is 0. The Morgan fingerprint density at radius 1 is 0.833 bits per heavy atom. The van der Waals surface area contributed by atoms with E-state index in [1.807, 2.05) is 20.8 Å². The number of hydrogen-bond donors (Lipinski definition) is 3. The summed E-state index contributed by atoms with van der Waals surface area (Å²) in [5.74, 6) is -1.21. The number of esters is 1. The monoisotopic (exact) mass is 583 g/mol. The molecule has 2 aromatic carbocycles. The Kier molecular flexibility index (Phi) is 11.8. The number of amidine groups is 1. The number of Topliss-reactive ketones (excluding diaryl/α,β-unsaturated/α-hetero) is 1. The van der Waals surface area contributed by atoms with Crippen LogP contribution >= 0.6 is 0 Å². The molecule has 228 valence electrons. The molecule has 0 unspecified atom stereocenters. The van der Waals surface area contributed by atoms with E-state index in [0.717, 1.165) is 0 Å². The van der Waals surface area contributed by atoms with Crippen molar-refractivity contribution in [1.82, 2.24) is 10.6 Å². The molecular weight excluding hydrogens is 542 g/mol. The van der Waals surface area contributed by atoms with Crippen molar-refractivity contribution in [2.45, 2.75) is 78.7 Å². The van der Waals surface area contributed by atoms with Gasteiger partial charge >= 0.3 is 12.1 Å². The highest BCUT2D eigenvalue weighted by atomic mass is 16.6. The molecule has 2 atom stereocenters. The van der Waals surface area contributed by atoms with Crippen LogP contribution in [0.25, 0.3) is 0 Å². The van der Waals surface area contributed by atoms with Gasteiger partial charge in [-0.3, -0.25) is 20.3 Å². The highest BCUT2D eigenvalue weighted by molar-refractivity contribution is 6.06. The summed E-state index contributed by atoms with van der Waals surface area (Å²) in [5, 5.41) is 13.3. The van der Waals surface area contributed by atoms with E-state index in [-0.39, 0.29) is 30.4 Å². The average molecular weight is 584 g/mol. The number of benzene rings is 2. The van der Waals surface area contributed by atoms with Gasteiger partial charge in [-0.2, -0.15) is 0 Å². The van der Waals surface area contributed by atoms with E-state index in [1.54, 1.807) is 58.9 Å². The van der Waals surface area contributed by atoms with Gasteiger partial charge in [0, 0.05) is 16.7 Å². The number of hydrogen-bond acceptors (Lipinski definition) is 9. The molecule has 0 aliphatic carbocycles. The van der Waals surface area contributed by atoms with E-state index in [9.17, 15) is 19.2 Å². The molecule has 0 aromatic heterocycles. The number of rotatable bonds is 11. The first-order valence-corrected chi connectivity index (χ1v) is 13.6. The molecule has 11 nitrogen and oxygen atoms in total. The van der Waals surface area contributed by atoms with Crippen LogP contribution < -0.4 is 15.4 Å². The van der Waals surface area contributed by atoms with Crippen molar-refractivity contribution in [1.29, 1.82) is 5.41 Å². The lowest BCUT2D eigenvalue weighted by atomic mass is 9.98. The van der Waals surface area contributed by atoms with Crippen LogP contribution in [-0.4, -0.2) is 66.2 Å². The van der Waals surface area contributed by atoms with Gasteiger partial charge in [0.1, 0.15) is 23.2 Å². The molecule has 0 saturated carbocycles. The van der Waals surface area contributed by atoms with E-state index in [1.165, 1.54) is 24.3 Å². The van der Waals surface area contributed by atoms with E-state index in [0.29, 0.717) is 16.9 Å². The van der Waals surface area contributed by atoms with Crippen molar-refractivity contribution in [2.75, 3.05) is 13.2 Å².